The Balaban J connectivity index is 0.00000208. The van der Waals surface area contributed by atoms with E-state index in [4.69, 9.17) is 16.3 Å². The molecule has 0 amide bonds. The predicted molar refractivity (Wildman–Crippen MR) is 94.3 cm³/mol. The minimum atomic E-state index is -0.0597. The number of halogens is 2. The first-order valence-corrected chi connectivity index (χ1v) is 9.54. The molecule has 3 atom stereocenters. The van der Waals surface area contributed by atoms with Gasteiger partial charge in [-0.1, -0.05) is 12.0 Å². The summed E-state index contributed by atoms with van der Waals surface area (Å²) in [5, 5.41) is 0.114. The van der Waals surface area contributed by atoms with Crippen LogP contribution in [0.3, 0.4) is 0 Å². The van der Waals surface area contributed by atoms with Gasteiger partial charge in [0, 0.05) is 49.4 Å². The standard InChI is InChI=1S/C19H21ClFOS.Y/c1-22-9-3-2-6-16-15(7-8-17(16)20)14-11-13-5-4-10-23-19(13)18(21)12-14;/h11-12,15-17H,1,4-10H2;/q-1;. The number of fused-ring (bicyclic) bond motifs is 1. The van der Waals surface area contributed by atoms with Crippen LogP contribution in [0.2, 0.25) is 0 Å². The van der Waals surface area contributed by atoms with Crippen molar-refractivity contribution in [1.82, 2.24) is 0 Å². The van der Waals surface area contributed by atoms with Crippen LogP contribution in [0, 0.1) is 30.7 Å². The van der Waals surface area contributed by atoms with Crippen LogP contribution >= 0.6 is 23.4 Å². The summed E-state index contributed by atoms with van der Waals surface area (Å²) >= 11 is 8.15. The third-order valence-electron chi connectivity index (χ3n) is 4.78. The average molecular weight is 441 g/mol. The molecule has 0 bridgehead atoms. The molecule has 1 saturated carbocycles. The van der Waals surface area contributed by atoms with Gasteiger partial charge in [0.2, 0.25) is 0 Å². The summed E-state index contributed by atoms with van der Waals surface area (Å²) < 4.78 is 19.2. The van der Waals surface area contributed by atoms with Crippen molar-refractivity contribution in [3.05, 3.63) is 36.2 Å². The van der Waals surface area contributed by atoms with E-state index in [9.17, 15) is 4.39 Å². The summed E-state index contributed by atoms with van der Waals surface area (Å²) in [5.74, 6) is 7.63. The van der Waals surface area contributed by atoms with E-state index in [-0.39, 0.29) is 49.8 Å². The number of thioether (sulfide) groups is 1. The van der Waals surface area contributed by atoms with Gasteiger partial charge >= 0.3 is 0 Å². The Labute approximate surface area is 178 Å². The fourth-order valence-corrected chi connectivity index (χ4v) is 5.09. The Kier molecular flexibility index (Phi) is 8.58. The van der Waals surface area contributed by atoms with Gasteiger partial charge in [-0.25, -0.2) is 11.5 Å². The zero-order chi connectivity index (χ0) is 16.2. The Morgan fingerprint density at radius 2 is 2.17 bits per heavy atom. The molecule has 24 heavy (non-hydrogen) atoms. The molecule has 0 aromatic heterocycles. The number of rotatable bonds is 3. The zero-order valence-electron chi connectivity index (χ0n) is 13.7. The summed E-state index contributed by atoms with van der Waals surface area (Å²) in [6.07, 6.45) is 4.82. The van der Waals surface area contributed by atoms with Crippen molar-refractivity contribution in [2.75, 3.05) is 12.4 Å². The maximum absolute atomic E-state index is 14.5. The van der Waals surface area contributed by atoms with E-state index >= 15 is 0 Å². The second-order valence-corrected chi connectivity index (χ2v) is 7.88. The number of ether oxygens (including phenoxy) is 1. The van der Waals surface area contributed by atoms with E-state index in [2.05, 4.69) is 25.0 Å². The van der Waals surface area contributed by atoms with E-state index in [1.54, 1.807) is 17.8 Å². The molecule has 1 radical (unpaired) electrons. The topological polar surface area (TPSA) is 9.23 Å². The smallest absolute Gasteiger partial charge is 0.137 e. The summed E-state index contributed by atoms with van der Waals surface area (Å²) in [5.41, 5.74) is 2.27. The van der Waals surface area contributed by atoms with Crippen molar-refractivity contribution in [3.8, 4) is 11.8 Å². The first-order valence-electron chi connectivity index (χ1n) is 8.12. The molecular formula is C19H21ClFOSY-. The number of aryl methyl sites for hydroxylation is 1. The van der Waals surface area contributed by atoms with Gasteiger partial charge in [0.25, 0.3) is 0 Å². The molecule has 3 unspecified atom stereocenters. The summed E-state index contributed by atoms with van der Waals surface area (Å²) in [6, 6.07) is 3.94. The fourth-order valence-electron chi connectivity index (χ4n) is 3.67. The van der Waals surface area contributed by atoms with Gasteiger partial charge in [-0.15, -0.1) is 29.3 Å². The van der Waals surface area contributed by atoms with Crippen LogP contribution < -0.4 is 0 Å². The number of alkyl halides is 1. The van der Waals surface area contributed by atoms with Crippen molar-refractivity contribution in [3.63, 3.8) is 0 Å². The first kappa shape index (κ1) is 20.7. The Hall–Kier alpha value is 0.414. The molecule has 1 aliphatic heterocycles. The molecule has 1 aliphatic carbocycles. The molecule has 0 saturated heterocycles. The SMILES string of the molecule is [CH2-]OCC#CCC1C(Cl)CCC1c1cc(F)c2c(c1)CCCS2.[Y]. The minimum Gasteiger partial charge on any atom is -0.546 e. The van der Waals surface area contributed by atoms with Crippen LogP contribution in [-0.2, 0) is 43.9 Å². The van der Waals surface area contributed by atoms with Gasteiger partial charge in [0.15, 0.2) is 0 Å². The summed E-state index contributed by atoms with van der Waals surface area (Å²) in [7, 11) is 3.31. The second-order valence-electron chi connectivity index (χ2n) is 6.21. The van der Waals surface area contributed by atoms with Gasteiger partial charge < -0.3 is 4.74 Å². The first-order chi connectivity index (χ1) is 11.2. The van der Waals surface area contributed by atoms with Gasteiger partial charge in [0.1, 0.15) is 5.82 Å². The molecule has 1 aromatic carbocycles. The quantitative estimate of drug-likeness (QED) is 0.364. The van der Waals surface area contributed by atoms with Gasteiger partial charge in [-0.05, 0) is 60.5 Å². The molecular weight excluding hydrogens is 420 g/mol. The van der Waals surface area contributed by atoms with Crippen LogP contribution in [0.1, 0.15) is 42.7 Å². The van der Waals surface area contributed by atoms with Crippen LogP contribution in [0.15, 0.2) is 17.0 Å². The average Bonchev–Trinajstić information content (AvgIpc) is 2.92. The monoisotopic (exact) mass is 440 g/mol. The van der Waals surface area contributed by atoms with Crippen LogP contribution in [0.4, 0.5) is 4.39 Å². The van der Waals surface area contributed by atoms with Crippen LogP contribution in [0.5, 0.6) is 0 Å². The van der Waals surface area contributed by atoms with E-state index in [0.29, 0.717) is 12.5 Å². The zero-order valence-corrected chi connectivity index (χ0v) is 18.1. The number of hydrogen-bond donors (Lipinski definition) is 0. The molecule has 1 aromatic rings. The van der Waals surface area contributed by atoms with E-state index in [0.717, 1.165) is 48.3 Å². The maximum Gasteiger partial charge on any atom is 0.137 e. The van der Waals surface area contributed by atoms with Gasteiger partial charge in [-0.3, -0.25) is 0 Å². The van der Waals surface area contributed by atoms with E-state index in [1.165, 1.54) is 5.56 Å². The molecule has 0 spiro atoms. The molecule has 5 heteroatoms. The fraction of sp³-hybridized carbons (Fsp3) is 0.526. The molecule has 1 nitrogen and oxygen atoms in total. The Bertz CT molecular complexity index is 628. The van der Waals surface area contributed by atoms with Crippen molar-refractivity contribution < 1.29 is 41.8 Å². The molecule has 1 fully saturated rings. The Morgan fingerprint density at radius 1 is 1.33 bits per heavy atom. The molecule has 1 heterocycles. The third kappa shape index (κ3) is 4.77. The molecule has 0 N–H and O–H groups in total. The van der Waals surface area contributed by atoms with Crippen molar-refractivity contribution in [1.29, 1.82) is 0 Å². The second kappa shape index (κ2) is 9.93. The molecule has 3 rings (SSSR count). The van der Waals surface area contributed by atoms with Crippen LogP contribution in [-0.4, -0.2) is 17.7 Å². The number of hydrogen-bond acceptors (Lipinski definition) is 2. The number of benzene rings is 1. The Morgan fingerprint density at radius 3 is 2.96 bits per heavy atom. The van der Waals surface area contributed by atoms with Crippen molar-refractivity contribution >= 4 is 23.4 Å². The van der Waals surface area contributed by atoms with Gasteiger partial charge in [-0.2, -0.15) is 0 Å². The minimum absolute atomic E-state index is 0. The maximum atomic E-state index is 14.5. The predicted octanol–water partition coefficient (Wildman–Crippen LogP) is 5.16. The van der Waals surface area contributed by atoms with Crippen molar-refractivity contribution in [2.45, 2.75) is 48.3 Å². The molecule has 2 aliphatic rings. The summed E-state index contributed by atoms with van der Waals surface area (Å²) in [6.45, 7) is 0.342. The summed E-state index contributed by atoms with van der Waals surface area (Å²) in [4.78, 5) is 0.851. The van der Waals surface area contributed by atoms with Gasteiger partial charge in [0.05, 0.1) is 6.61 Å². The molecule has 127 valence electrons. The third-order valence-corrected chi connectivity index (χ3v) is 6.56. The van der Waals surface area contributed by atoms with E-state index < -0.39 is 0 Å². The van der Waals surface area contributed by atoms with Crippen molar-refractivity contribution in [2.24, 2.45) is 5.92 Å². The normalized spacial score (nSPS) is 25.4. The van der Waals surface area contributed by atoms with Crippen LogP contribution in [0.25, 0.3) is 0 Å². The largest absolute Gasteiger partial charge is 0.546 e. The van der Waals surface area contributed by atoms with E-state index in [1.807, 2.05) is 0 Å².